The highest BCUT2D eigenvalue weighted by molar-refractivity contribution is 7.89. The van der Waals surface area contributed by atoms with Crippen molar-refractivity contribution in [3.63, 3.8) is 0 Å². The molecule has 49 heavy (non-hydrogen) atoms. The van der Waals surface area contributed by atoms with Crippen LogP contribution < -0.4 is 15.4 Å². The number of urea groups is 1. The van der Waals surface area contributed by atoms with Crippen molar-refractivity contribution in [3.05, 3.63) is 65.0 Å². The molecule has 268 valence electrons. The summed E-state index contributed by atoms with van der Waals surface area (Å²) in [6.45, 7) is 11.2. The third-order valence-corrected chi connectivity index (χ3v) is 10.6. The fraction of sp³-hybridized carbons (Fsp3) is 0.514. The number of ether oxygens (including phenoxy) is 2. The van der Waals surface area contributed by atoms with E-state index in [0.717, 1.165) is 18.4 Å². The zero-order valence-electron chi connectivity index (χ0n) is 29.4. The van der Waals surface area contributed by atoms with Crippen molar-refractivity contribution in [3.8, 4) is 5.75 Å². The minimum Gasteiger partial charge on any atom is -0.490 e. The number of aromatic nitrogens is 1. The first-order chi connectivity index (χ1) is 23.2. The third kappa shape index (κ3) is 9.59. The minimum absolute atomic E-state index is 0.0668. The number of aryl methyl sites for hydroxylation is 3. The van der Waals surface area contributed by atoms with Crippen LogP contribution in [0.2, 0.25) is 0 Å². The Balaban J connectivity index is 1.63. The van der Waals surface area contributed by atoms with Crippen molar-refractivity contribution in [2.24, 2.45) is 5.92 Å². The lowest BCUT2D eigenvalue weighted by Crippen LogP contribution is -2.48. The smallest absolute Gasteiger partial charge is 0.323 e. The molecule has 0 aliphatic carbocycles. The lowest BCUT2D eigenvalue weighted by molar-refractivity contribution is -0.00833. The number of fused-ring (bicyclic) bond motifs is 1. The lowest BCUT2D eigenvalue weighted by Gasteiger charge is -2.35. The first kappa shape index (κ1) is 37.8. The van der Waals surface area contributed by atoms with Crippen LogP contribution >= 0.6 is 0 Å². The second kappa shape index (κ2) is 16.6. The van der Waals surface area contributed by atoms with E-state index in [1.165, 1.54) is 11.4 Å². The Labute approximate surface area is 289 Å². The number of likely N-dealkylation sites (N-methyl/N-ethyl adjacent to an activating group) is 1. The van der Waals surface area contributed by atoms with Crippen molar-refractivity contribution in [2.75, 3.05) is 44.0 Å². The summed E-state index contributed by atoms with van der Waals surface area (Å²) in [5.74, 6) is 0.0629. The summed E-state index contributed by atoms with van der Waals surface area (Å²) in [5, 5.41) is 19.6. The molecule has 0 unspecified atom stereocenters. The van der Waals surface area contributed by atoms with Crippen LogP contribution in [0.1, 0.15) is 67.4 Å². The Morgan fingerprint density at radius 2 is 1.82 bits per heavy atom. The molecule has 2 aromatic carbocycles. The molecule has 14 heteroatoms. The highest BCUT2D eigenvalue weighted by Gasteiger charge is 2.32. The lowest BCUT2D eigenvalue weighted by atomic mass is 10.0. The maximum absolute atomic E-state index is 14.4. The van der Waals surface area contributed by atoms with Gasteiger partial charge in [-0.15, -0.1) is 0 Å². The molecule has 3 aromatic rings. The minimum atomic E-state index is -3.80. The Morgan fingerprint density at radius 1 is 1.10 bits per heavy atom. The normalized spacial score (nSPS) is 20.2. The van der Waals surface area contributed by atoms with E-state index in [2.05, 4.69) is 15.8 Å². The van der Waals surface area contributed by atoms with Crippen LogP contribution in [0.25, 0.3) is 0 Å². The standard InChI is InChI=1S/C35H49N5O8S/c1-22-11-14-29(15-12-22)49(44,45)39(7)20-32-23(2)19-40(24(3)21-41)34(42)30-18-28(36-35(43)37-33-26(5)38-48-27(33)6)13-16-31(30)47-25(4)10-8-9-17-46-32/h11-16,18,23-25,32,41H,8-10,17,19-21H2,1-7H3,(H2,36,37,43)/t23-,24+,25-,32+/m1/s1. The van der Waals surface area contributed by atoms with Crippen molar-refractivity contribution in [2.45, 2.75) is 84.0 Å². The Morgan fingerprint density at radius 3 is 2.47 bits per heavy atom. The summed E-state index contributed by atoms with van der Waals surface area (Å²) < 4.78 is 46.0. The molecular weight excluding hydrogens is 650 g/mol. The van der Waals surface area contributed by atoms with Gasteiger partial charge < -0.3 is 34.6 Å². The molecule has 0 spiro atoms. The van der Waals surface area contributed by atoms with Gasteiger partial charge in [-0.05, 0) is 84.2 Å². The number of amides is 3. The summed E-state index contributed by atoms with van der Waals surface area (Å²) in [4.78, 5) is 29.0. The number of nitrogens with one attached hydrogen (secondary N) is 2. The largest absolute Gasteiger partial charge is 0.490 e. The Hall–Kier alpha value is -3.98. The highest BCUT2D eigenvalue weighted by Crippen LogP contribution is 2.29. The van der Waals surface area contributed by atoms with E-state index >= 15 is 0 Å². The number of nitrogens with zero attached hydrogens (tertiary/aromatic N) is 3. The van der Waals surface area contributed by atoms with E-state index in [0.29, 0.717) is 41.6 Å². The Bertz CT molecular complexity index is 1670. The van der Waals surface area contributed by atoms with Gasteiger partial charge in [-0.25, -0.2) is 13.2 Å². The molecule has 1 aromatic heterocycles. The van der Waals surface area contributed by atoms with Crippen LogP contribution in [-0.2, 0) is 14.8 Å². The highest BCUT2D eigenvalue weighted by atomic mass is 32.2. The number of carbonyl (C=O) groups is 2. The number of aliphatic hydroxyl groups is 1. The second-order valence-electron chi connectivity index (χ2n) is 12.9. The van der Waals surface area contributed by atoms with Crippen molar-refractivity contribution in [1.29, 1.82) is 0 Å². The van der Waals surface area contributed by atoms with Crippen molar-refractivity contribution >= 4 is 33.3 Å². The quantitative estimate of drug-likeness (QED) is 0.281. The van der Waals surface area contributed by atoms with E-state index in [4.69, 9.17) is 14.0 Å². The van der Waals surface area contributed by atoms with E-state index in [-0.39, 0.29) is 42.2 Å². The molecular formula is C35H49N5O8S. The average molecular weight is 700 g/mol. The van der Waals surface area contributed by atoms with Crippen LogP contribution in [0.3, 0.4) is 0 Å². The van der Waals surface area contributed by atoms with Gasteiger partial charge in [0.1, 0.15) is 17.1 Å². The summed E-state index contributed by atoms with van der Waals surface area (Å²) in [7, 11) is -2.27. The van der Waals surface area contributed by atoms with Gasteiger partial charge in [0.25, 0.3) is 5.91 Å². The molecule has 2 heterocycles. The third-order valence-electron chi connectivity index (χ3n) is 8.75. The number of aliphatic hydroxyl groups excluding tert-OH is 1. The van der Waals surface area contributed by atoms with E-state index in [1.807, 2.05) is 20.8 Å². The maximum atomic E-state index is 14.4. The molecule has 0 saturated carbocycles. The van der Waals surface area contributed by atoms with Crippen LogP contribution in [0, 0.1) is 26.7 Å². The maximum Gasteiger partial charge on any atom is 0.323 e. The van der Waals surface area contributed by atoms with E-state index < -0.39 is 34.1 Å². The predicted molar refractivity (Wildman–Crippen MR) is 186 cm³/mol. The summed E-state index contributed by atoms with van der Waals surface area (Å²) in [6, 6.07) is 10.4. The molecule has 0 saturated heterocycles. The molecule has 0 bridgehead atoms. The number of sulfonamides is 1. The number of hydrogen-bond donors (Lipinski definition) is 3. The molecule has 13 nitrogen and oxygen atoms in total. The van der Waals surface area contributed by atoms with Gasteiger partial charge in [-0.3, -0.25) is 4.79 Å². The number of rotatable bonds is 8. The fourth-order valence-electron chi connectivity index (χ4n) is 5.64. The van der Waals surface area contributed by atoms with Crippen LogP contribution in [0.5, 0.6) is 5.75 Å². The summed E-state index contributed by atoms with van der Waals surface area (Å²) in [6.07, 6.45) is 1.42. The van der Waals surface area contributed by atoms with Crippen LogP contribution in [-0.4, -0.2) is 91.4 Å². The first-order valence-corrected chi connectivity index (χ1v) is 18.0. The zero-order valence-corrected chi connectivity index (χ0v) is 30.2. The van der Waals surface area contributed by atoms with Gasteiger partial charge in [-0.2, -0.15) is 4.31 Å². The summed E-state index contributed by atoms with van der Waals surface area (Å²) in [5.41, 5.74) is 2.50. The zero-order chi connectivity index (χ0) is 35.9. The molecule has 1 aliphatic heterocycles. The van der Waals surface area contributed by atoms with Gasteiger partial charge >= 0.3 is 6.03 Å². The van der Waals surface area contributed by atoms with E-state index in [1.54, 1.807) is 68.1 Å². The number of carbonyl (C=O) groups excluding carboxylic acids is 2. The predicted octanol–water partition coefficient (Wildman–Crippen LogP) is 5.36. The van der Waals surface area contributed by atoms with Crippen molar-refractivity contribution in [1.82, 2.24) is 14.4 Å². The first-order valence-electron chi connectivity index (χ1n) is 16.6. The fourth-order valence-corrected chi connectivity index (χ4v) is 6.83. The van der Waals surface area contributed by atoms with Crippen LogP contribution in [0.4, 0.5) is 16.2 Å². The monoisotopic (exact) mass is 699 g/mol. The summed E-state index contributed by atoms with van der Waals surface area (Å²) >= 11 is 0. The van der Waals surface area contributed by atoms with Gasteiger partial charge in [0.05, 0.1) is 35.3 Å². The molecule has 3 N–H and O–H groups in total. The molecule has 4 atom stereocenters. The van der Waals surface area contributed by atoms with Gasteiger partial charge in [0.2, 0.25) is 10.0 Å². The van der Waals surface area contributed by atoms with Crippen molar-refractivity contribution < 1.29 is 37.1 Å². The van der Waals surface area contributed by atoms with Gasteiger partial charge in [-0.1, -0.05) is 29.8 Å². The molecule has 3 amide bonds. The second-order valence-corrected chi connectivity index (χ2v) is 14.9. The molecule has 0 radical (unpaired) electrons. The van der Waals surface area contributed by atoms with E-state index in [9.17, 15) is 23.1 Å². The topological polar surface area (TPSA) is 164 Å². The SMILES string of the molecule is Cc1ccc(S(=O)(=O)N(C)C[C@@H]2OCCCC[C@@H](C)Oc3ccc(NC(=O)Nc4c(C)noc4C)cc3C(=O)N([C@@H](C)CO)C[C@H]2C)cc1. The molecule has 0 fully saturated rings. The average Bonchev–Trinajstić information content (AvgIpc) is 3.38. The van der Waals surface area contributed by atoms with Crippen LogP contribution in [0.15, 0.2) is 51.9 Å². The Kier molecular flexibility index (Phi) is 12.8. The number of benzene rings is 2. The number of hydrogen-bond acceptors (Lipinski definition) is 9. The number of anilines is 2. The molecule has 4 rings (SSSR count). The molecule has 1 aliphatic rings. The van der Waals surface area contributed by atoms with Gasteiger partial charge in [0, 0.05) is 38.3 Å². The van der Waals surface area contributed by atoms with Gasteiger partial charge in [0.15, 0.2) is 5.76 Å².